The van der Waals surface area contributed by atoms with E-state index in [1.54, 1.807) is 18.2 Å². The van der Waals surface area contributed by atoms with Gasteiger partial charge in [-0.3, -0.25) is 9.59 Å². The van der Waals surface area contributed by atoms with E-state index in [-0.39, 0.29) is 23.4 Å². The van der Waals surface area contributed by atoms with Gasteiger partial charge in [0.1, 0.15) is 5.82 Å². The number of fused-ring (bicyclic) bond motifs is 2. The summed E-state index contributed by atoms with van der Waals surface area (Å²) < 4.78 is 14.5. The number of nitrogens with one attached hydrogen (secondary N) is 4. The Morgan fingerprint density at radius 1 is 1.20 bits per heavy atom. The molecule has 3 aliphatic rings. The fraction of sp³-hybridized carbons (Fsp3) is 0.440. The van der Waals surface area contributed by atoms with Gasteiger partial charge in [-0.15, -0.1) is 0 Å². The monoisotopic (exact) mass is 519 g/mol. The van der Waals surface area contributed by atoms with Crippen LogP contribution in [-0.4, -0.2) is 68.6 Å². The summed E-state index contributed by atoms with van der Waals surface area (Å²) in [5, 5.41) is 12.9. The van der Waals surface area contributed by atoms with E-state index in [2.05, 4.69) is 26.2 Å². The fourth-order valence-corrected chi connectivity index (χ4v) is 5.99. The Labute approximate surface area is 213 Å². The van der Waals surface area contributed by atoms with E-state index in [4.69, 9.17) is 23.2 Å². The lowest BCUT2D eigenvalue weighted by Gasteiger charge is -2.31. The van der Waals surface area contributed by atoms with Crippen molar-refractivity contribution in [1.82, 2.24) is 20.9 Å². The lowest BCUT2D eigenvalue weighted by atomic mass is 9.68. The largest absolute Gasteiger partial charge is 0.355 e. The second kappa shape index (κ2) is 10.0. The molecular formula is C25H28Cl2FN5O2. The molecule has 0 radical (unpaired) electrons. The molecule has 2 fully saturated rings. The van der Waals surface area contributed by atoms with Crippen molar-refractivity contribution in [2.75, 3.05) is 51.1 Å². The van der Waals surface area contributed by atoms with Gasteiger partial charge >= 0.3 is 0 Å². The zero-order valence-corrected chi connectivity index (χ0v) is 20.7. The van der Waals surface area contributed by atoms with Crippen molar-refractivity contribution >= 4 is 40.7 Å². The minimum absolute atomic E-state index is 0.0647. The van der Waals surface area contributed by atoms with Crippen molar-refractivity contribution < 1.29 is 14.0 Å². The molecule has 2 aromatic carbocycles. The molecule has 186 valence electrons. The van der Waals surface area contributed by atoms with Crippen molar-refractivity contribution in [3.63, 3.8) is 0 Å². The summed E-state index contributed by atoms with van der Waals surface area (Å²) >= 11 is 12.3. The topological polar surface area (TPSA) is 85.5 Å². The molecule has 1 spiro atoms. The molecule has 0 aromatic heterocycles. The maximum Gasteiger partial charge on any atom is 0.237 e. The second-order valence-corrected chi connectivity index (χ2v) is 10.2. The van der Waals surface area contributed by atoms with E-state index in [1.807, 2.05) is 6.07 Å². The van der Waals surface area contributed by atoms with Crippen LogP contribution in [0.5, 0.6) is 0 Å². The van der Waals surface area contributed by atoms with Gasteiger partial charge in [0.25, 0.3) is 0 Å². The lowest BCUT2D eigenvalue weighted by molar-refractivity contribution is -0.123. The molecule has 10 heteroatoms. The molecule has 4 N–H and O–H groups in total. The summed E-state index contributed by atoms with van der Waals surface area (Å²) in [6.07, 6.45) is 0.832. The van der Waals surface area contributed by atoms with Crippen LogP contribution < -0.4 is 21.3 Å². The van der Waals surface area contributed by atoms with Gasteiger partial charge in [-0.25, -0.2) is 4.39 Å². The zero-order chi connectivity index (χ0) is 24.6. The van der Waals surface area contributed by atoms with Crippen LogP contribution >= 0.6 is 23.2 Å². The molecule has 0 aliphatic carbocycles. The molecule has 0 saturated carbocycles. The Morgan fingerprint density at radius 3 is 2.77 bits per heavy atom. The van der Waals surface area contributed by atoms with E-state index in [1.165, 1.54) is 12.1 Å². The Morgan fingerprint density at radius 2 is 2.00 bits per heavy atom. The zero-order valence-electron chi connectivity index (χ0n) is 19.2. The van der Waals surface area contributed by atoms with E-state index in [0.717, 1.165) is 44.7 Å². The van der Waals surface area contributed by atoms with Crippen LogP contribution in [0.2, 0.25) is 10.0 Å². The van der Waals surface area contributed by atoms with Crippen molar-refractivity contribution in [3.05, 3.63) is 63.4 Å². The summed E-state index contributed by atoms with van der Waals surface area (Å²) in [5.74, 6) is -1.67. The molecular weight excluding hydrogens is 492 g/mol. The van der Waals surface area contributed by atoms with Crippen LogP contribution in [0.3, 0.4) is 0 Å². The van der Waals surface area contributed by atoms with Gasteiger partial charge in [-0.1, -0.05) is 35.3 Å². The Kier molecular flexibility index (Phi) is 7.01. The van der Waals surface area contributed by atoms with Crippen molar-refractivity contribution in [1.29, 1.82) is 0 Å². The average molecular weight is 520 g/mol. The SMILES string of the molecule is O=C(NCCCN1CCNCC1)[C@@H]1NC[C@]2(C(=O)Nc3cc(Cl)c(F)cc32)C1c1cccc(Cl)c1. The van der Waals surface area contributed by atoms with E-state index < -0.39 is 23.2 Å². The minimum atomic E-state index is -1.17. The number of nitrogens with zero attached hydrogens (tertiary/aromatic N) is 1. The van der Waals surface area contributed by atoms with Gasteiger partial charge in [-0.2, -0.15) is 0 Å². The standard InChI is InChI=1S/C25H28Cl2FN5O2/c26-16-4-1-3-15(11-16)21-22(23(34)30-5-2-8-33-9-6-29-7-10-33)31-14-25(21)17-12-19(28)18(27)13-20(17)32-24(25)35/h1,3-4,11-13,21-22,29,31H,2,5-10,14H2,(H,30,34)(H,32,35)/t21?,22-,25-/m1/s1. The second-order valence-electron chi connectivity index (χ2n) is 9.36. The number of anilines is 1. The predicted molar refractivity (Wildman–Crippen MR) is 135 cm³/mol. The maximum absolute atomic E-state index is 14.5. The first-order valence-electron chi connectivity index (χ1n) is 11.9. The summed E-state index contributed by atoms with van der Waals surface area (Å²) in [5.41, 5.74) is 0.527. The number of piperazine rings is 1. The molecule has 2 saturated heterocycles. The highest BCUT2D eigenvalue weighted by molar-refractivity contribution is 6.31. The number of benzene rings is 2. The molecule has 2 aromatic rings. The third kappa shape index (κ3) is 4.54. The van der Waals surface area contributed by atoms with Gasteiger partial charge in [0.2, 0.25) is 11.8 Å². The third-order valence-electron chi connectivity index (χ3n) is 7.31. The van der Waals surface area contributed by atoms with Gasteiger partial charge < -0.3 is 26.2 Å². The van der Waals surface area contributed by atoms with E-state index in [0.29, 0.717) is 22.8 Å². The summed E-state index contributed by atoms with van der Waals surface area (Å²) in [6.45, 7) is 5.61. The molecule has 1 unspecified atom stereocenters. The number of amides is 2. The van der Waals surface area contributed by atoms with Crippen LogP contribution in [0.25, 0.3) is 0 Å². The maximum atomic E-state index is 14.5. The number of rotatable bonds is 6. The molecule has 7 nitrogen and oxygen atoms in total. The smallest absolute Gasteiger partial charge is 0.237 e. The van der Waals surface area contributed by atoms with Crippen molar-refractivity contribution in [3.8, 4) is 0 Å². The molecule has 3 heterocycles. The van der Waals surface area contributed by atoms with Crippen LogP contribution in [0.15, 0.2) is 36.4 Å². The fourth-order valence-electron chi connectivity index (χ4n) is 5.62. The van der Waals surface area contributed by atoms with Crippen LogP contribution in [0.4, 0.5) is 10.1 Å². The molecule has 5 rings (SSSR count). The molecule has 2 amide bonds. The van der Waals surface area contributed by atoms with Crippen LogP contribution in [0, 0.1) is 5.82 Å². The Hall–Kier alpha value is -2.23. The minimum Gasteiger partial charge on any atom is -0.355 e. The number of hydrogen-bond donors (Lipinski definition) is 4. The molecule has 0 bridgehead atoms. The Bertz CT molecular complexity index is 1140. The highest BCUT2D eigenvalue weighted by Gasteiger charge is 2.60. The van der Waals surface area contributed by atoms with E-state index in [9.17, 15) is 14.0 Å². The number of carbonyl (C=O) groups is 2. The lowest BCUT2D eigenvalue weighted by Crippen LogP contribution is -2.47. The predicted octanol–water partition coefficient (Wildman–Crippen LogP) is 2.49. The summed E-state index contributed by atoms with van der Waals surface area (Å²) in [4.78, 5) is 29.2. The first kappa shape index (κ1) is 24.5. The quantitative estimate of drug-likeness (QED) is 0.440. The highest BCUT2D eigenvalue weighted by Crippen LogP contribution is 2.52. The van der Waals surface area contributed by atoms with Gasteiger partial charge in [-0.05, 0) is 48.4 Å². The van der Waals surface area contributed by atoms with Gasteiger partial charge in [0.15, 0.2) is 0 Å². The van der Waals surface area contributed by atoms with Gasteiger partial charge in [0.05, 0.1) is 16.5 Å². The summed E-state index contributed by atoms with van der Waals surface area (Å²) in [6, 6.07) is 9.20. The van der Waals surface area contributed by atoms with Crippen LogP contribution in [0.1, 0.15) is 23.5 Å². The first-order chi connectivity index (χ1) is 16.9. The number of carbonyl (C=O) groups excluding carboxylic acids is 2. The number of hydrogen-bond acceptors (Lipinski definition) is 5. The van der Waals surface area contributed by atoms with E-state index >= 15 is 0 Å². The molecule has 3 aliphatic heterocycles. The average Bonchev–Trinajstić information content (AvgIpc) is 3.37. The van der Waals surface area contributed by atoms with Crippen molar-refractivity contribution in [2.24, 2.45) is 0 Å². The Balaban J connectivity index is 1.41. The molecule has 3 atom stereocenters. The third-order valence-corrected chi connectivity index (χ3v) is 7.83. The van der Waals surface area contributed by atoms with Crippen LogP contribution in [-0.2, 0) is 15.0 Å². The normalized spacial score (nSPS) is 26.1. The summed E-state index contributed by atoms with van der Waals surface area (Å²) in [7, 11) is 0. The number of halogens is 3. The van der Waals surface area contributed by atoms with Crippen molar-refractivity contribution in [2.45, 2.75) is 23.8 Å². The molecule has 35 heavy (non-hydrogen) atoms. The van der Waals surface area contributed by atoms with Gasteiger partial charge in [0, 0.05) is 55.9 Å². The highest BCUT2D eigenvalue weighted by atomic mass is 35.5. The first-order valence-corrected chi connectivity index (χ1v) is 12.7.